The highest BCUT2D eigenvalue weighted by molar-refractivity contribution is 6.16. The summed E-state index contributed by atoms with van der Waals surface area (Å²) in [6.07, 6.45) is 0.399. The molecule has 3 nitrogen and oxygen atoms in total. The maximum atomic E-state index is 11.1. The van der Waals surface area contributed by atoms with E-state index in [4.69, 9.17) is 0 Å². The number of esters is 1. The minimum Gasteiger partial charge on any atom is -0.469 e. The highest BCUT2D eigenvalue weighted by Gasteiger charge is 2.18. The Balaban J connectivity index is 3.83. The monoisotopic (exact) mass is 188 g/mol. The number of carbonyl (C=O) groups is 2. The zero-order valence-electron chi connectivity index (χ0n) is 8.14. The standard InChI is InChI=1S/C8H16O3Si/c1-8(2,12)5-6(9)4-7(10)11-3/h4-5H2,1-3,12H3. The summed E-state index contributed by atoms with van der Waals surface area (Å²) in [6.45, 7) is 4.04. The van der Waals surface area contributed by atoms with Crippen LogP contribution in [0.3, 0.4) is 0 Å². The van der Waals surface area contributed by atoms with Gasteiger partial charge in [-0.3, -0.25) is 9.59 Å². The zero-order valence-corrected chi connectivity index (χ0v) is 10.1. The summed E-state index contributed by atoms with van der Waals surface area (Å²) in [7, 11) is 2.25. The molecule has 0 bridgehead atoms. The van der Waals surface area contributed by atoms with Crippen LogP contribution in [0.4, 0.5) is 0 Å². The van der Waals surface area contributed by atoms with Gasteiger partial charge in [-0.1, -0.05) is 13.8 Å². The fourth-order valence-electron chi connectivity index (χ4n) is 0.887. The zero-order chi connectivity index (χ0) is 9.78. The summed E-state index contributed by atoms with van der Waals surface area (Å²) >= 11 is 0. The number of hydrogen-bond donors (Lipinski definition) is 0. The van der Waals surface area contributed by atoms with Crippen LogP contribution in [0.2, 0.25) is 5.04 Å². The van der Waals surface area contributed by atoms with E-state index in [1.807, 2.05) is 13.8 Å². The summed E-state index contributed by atoms with van der Waals surface area (Å²) in [6, 6.07) is 0. The molecular weight excluding hydrogens is 172 g/mol. The maximum Gasteiger partial charge on any atom is 0.313 e. The lowest BCUT2D eigenvalue weighted by Gasteiger charge is -2.15. The molecule has 0 aliphatic carbocycles. The highest BCUT2D eigenvalue weighted by Crippen LogP contribution is 2.24. The fraction of sp³-hybridized carbons (Fsp3) is 0.750. The second-order valence-electron chi connectivity index (χ2n) is 4.03. The summed E-state index contributed by atoms with van der Waals surface area (Å²) < 4.78 is 4.39. The number of carbonyl (C=O) groups excluding carboxylic acids is 2. The van der Waals surface area contributed by atoms with E-state index in [1.165, 1.54) is 7.11 Å². The van der Waals surface area contributed by atoms with Gasteiger partial charge in [-0.05, 0) is 5.04 Å². The Labute approximate surface area is 75.9 Å². The molecule has 0 unspecified atom stereocenters. The molecule has 0 aliphatic heterocycles. The van der Waals surface area contributed by atoms with Crippen molar-refractivity contribution < 1.29 is 14.3 Å². The second-order valence-corrected chi connectivity index (χ2v) is 6.74. The Morgan fingerprint density at radius 3 is 2.25 bits per heavy atom. The molecule has 12 heavy (non-hydrogen) atoms. The van der Waals surface area contributed by atoms with E-state index in [9.17, 15) is 9.59 Å². The Hall–Kier alpha value is -0.643. The highest BCUT2D eigenvalue weighted by atomic mass is 28.1. The molecular formula is C8H16O3Si. The Morgan fingerprint density at radius 2 is 1.92 bits per heavy atom. The van der Waals surface area contributed by atoms with Crippen LogP contribution in [0.5, 0.6) is 0 Å². The van der Waals surface area contributed by atoms with E-state index >= 15 is 0 Å². The van der Waals surface area contributed by atoms with Gasteiger partial charge >= 0.3 is 5.97 Å². The Morgan fingerprint density at radius 1 is 1.42 bits per heavy atom. The number of hydrogen-bond acceptors (Lipinski definition) is 3. The first-order chi connectivity index (χ1) is 5.35. The van der Waals surface area contributed by atoms with Gasteiger partial charge in [-0.25, -0.2) is 0 Å². The molecule has 0 aromatic heterocycles. The smallest absolute Gasteiger partial charge is 0.313 e. The first kappa shape index (κ1) is 11.4. The second kappa shape index (κ2) is 4.40. The minimum atomic E-state index is -0.439. The van der Waals surface area contributed by atoms with Crippen molar-refractivity contribution in [1.82, 2.24) is 0 Å². The molecule has 0 saturated heterocycles. The van der Waals surface area contributed by atoms with Crippen molar-refractivity contribution in [2.45, 2.75) is 31.7 Å². The van der Waals surface area contributed by atoms with Crippen LogP contribution in [0.1, 0.15) is 26.7 Å². The third-order valence-electron chi connectivity index (χ3n) is 1.30. The van der Waals surface area contributed by atoms with Gasteiger partial charge in [-0.2, -0.15) is 0 Å². The van der Waals surface area contributed by atoms with Crippen LogP contribution in [0, 0.1) is 0 Å². The third-order valence-corrected chi connectivity index (χ3v) is 1.65. The predicted molar refractivity (Wildman–Crippen MR) is 50.2 cm³/mol. The lowest BCUT2D eigenvalue weighted by molar-refractivity contribution is -0.143. The van der Waals surface area contributed by atoms with E-state index in [0.29, 0.717) is 6.42 Å². The van der Waals surface area contributed by atoms with Crippen LogP contribution in [-0.4, -0.2) is 29.1 Å². The van der Waals surface area contributed by atoms with Crippen molar-refractivity contribution in [3.05, 3.63) is 0 Å². The van der Waals surface area contributed by atoms with Gasteiger partial charge in [0.05, 0.1) is 7.11 Å². The molecule has 0 spiro atoms. The fourth-order valence-corrected chi connectivity index (χ4v) is 1.28. The first-order valence-corrected chi connectivity index (χ1v) is 4.93. The van der Waals surface area contributed by atoms with E-state index in [0.717, 1.165) is 10.2 Å². The number of methoxy groups -OCH3 is 1. The van der Waals surface area contributed by atoms with Crippen molar-refractivity contribution in [3.8, 4) is 0 Å². The topological polar surface area (TPSA) is 43.4 Å². The summed E-state index contributed by atoms with van der Waals surface area (Å²) in [5.41, 5.74) is 0. The van der Waals surface area contributed by atoms with Crippen molar-refractivity contribution >= 4 is 22.0 Å². The minimum absolute atomic E-state index is 0.0261. The van der Waals surface area contributed by atoms with Gasteiger partial charge in [0, 0.05) is 16.7 Å². The summed E-state index contributed by atoms with van der Waals surface area (Å²) in [4.78, 5) is 21.8. The number of rotatable bonds is 4. The first-order valence-electron chi connectivity index (χ1n) is 3.93. The molecule has 0 aliphatic rings. The average Bonchev–Trinajstić information content (AvgIpc) is 1.82. The molecule has 0 saturated carbocycles. The molecule has 70 valence electrons. The van der Waals surface area contributed by atoms with Gasteiger partial charge in [-0.15, -0.1) is 0 Å². The van der Waals surface area contributed by atoms with Crippen molar-refractivity contribution in [2.24, 2.45) is 0 Å². The van der Waals surface area contributed by atoms with Crippen molar-refractivity contribution in [1.29, 1.82) is 0 Å². The quantitative estimate of drug-likeness (QED) is 0.356. The molecule has 0 amide bonds. The lowest BCUT2D eigenvalue weighted by Crippen LogP contribution is -2.15. The van der Waals surface area contributed by atoms with Gasteiger partial charge in [0.15, 0.2) is 0 Å². The SMILES string of the molecule is COC(=O)CC(=O)CC(C)(C)[SiH3]. The van der Waals surface area contributed by atoms with Gasteiger partial charge in [0.25, 0.3) is 0 Å². The Bertz CT molecular complexity index is 181. The normalized spacial score (nSPS) is 11.2. The molecule has 0 atom stereocenters. The van der Waals surface area contributed by atoms with Crippen LogP contribution in [0.15, 0.2) is 0 Å². The molecule has 0 N–H and O–H groups in total. The molecule has 0 aromatic rings. The molecule has 0 fully saturated rings. The number of ether oxygens (including phenoxy) is 1. The van der Waals surface area contributed by atoms with E-state index < -0.39 is 5.97 Å². The largest absolute Gasteiger partial charge is 0.469 e. The molecule has 4 heteroatoms. The van der Waals surface area contributed by atoms with Crippen LogP contribution >= 0.6 is 0 Å². The van der Waals surface area contributed by atoms with Crippen molar-refractivity contribution in [2.75, 3.05) is 7.11 Å². The molecule has 0 rings (SSSR count). The Kier molecular flexibility index (Phi) is 4.16. The van der Waals surface area contributed by atoms with Gasteiger partial charge < -0.3 is 4.74 Å². The van der Waals surface area contributed by atoms with E-state index in [-0.39, 0.29) is 17.2 Å². The predicted octanol–water partition coefficient (Wildman–Crippen LogP) is 0.0726. The van der Waals surface area contributed by atoms with Crippen LogP contribution < -0.4 is 0 Å². The van der Waals surface area contributed by atoms with Crippen molar-refractivity contribution in [3.63, 3.8) is 0 Å². The summed E-state index contributed by atoms with van der Waals surface area (Å²) in [5, 5.41) is 0.0884. The van der Waals surface area contributed by atoms with E-state index in [1.54, 1.807) is 0 Å². The maximum absolute atomic E-state index is 11.1. The van der Waals surface area contributed by atoms with E-state index in [2.05, 4.69) is 4.74 Å². The average molecular weight is 188 g/mol. The van der Waals surface area contributed by atoms with Gasteiger partial charge in [0.2, 0.25) is 0 Å². The number of ketones is 1. The van der Waals surface area contributed by atoms with Crippen LogP contribution in [0.25, 0.3) is 0 Å². The molecule has 0 radical (unpaired) electrons. The molecule has 0 aromatic carbocycles. The van der Waals surface area contributed by atoms with Crippen LogP contribution in [-0.2, 0) is 14.3 Å². The number of Topliss-reactive ketones (excluding diaryl/α,β-unsaturated/α-hetero) is 1. The lowest BCUT2D eigenvalue weighted by atomic mass is 10.0. The summed E-state index contributed by atoms with van der Waals surface area (Å²) in [5.74, 6) is -0.465. The molecule has 0 heterocycles. The third kappa shape index (κ3) is 6.09. The van der Waals surface area contributed by atoms with Gasteiger partial charge in [0.1, 0.15) is 12.2 Å².